The zero-order chi connectivity index (χ0) is 26.3. The molecule has 3 aromatic rings. The Morgan fingerprint density at radius 2 is 2.03 bits per heavy atom. The van der Waals surface area contributed by atoms with Crippen molar-refractivity contribution in [1.29, 1.82) is 0 Å². The number of carboxylic acids is 1. The number of aromatic nitrogens is 3. The topological polar surface area (TPSA) is 101 Å². The summed E-state index contributed by atoms with van der Waals surface area (Å²) in [4.78, 5) is 16.4. The number of anilines is 1. The minimum Gasteiger partial charge on any atom is -0.487 e. The highest BCUT2D eigenvalue weighted by Gasteiger charge is 2.45. The number of hydrogen-bond acceptors (Lipinski definition) is 6. The average Bonchev–Trinajstić information content (AvgIpc) is 3.62. The molecule has 0 bridgehead atoms. The molecule has 1 aliphatic heterocycles. The SMILES string of the molecule is O=C(O)c1cnc(N2CC(O)(c3ccc(OCc4c(C5CC5)cnn4/C(=C\Cl)CCl)cc3Cl)C2)c(F)c1. The minimum atomic E-state index is -1.33. The van der Waals surface area contributed by atoms with Gasteiger partial charge in [-0.05, 0) is 37.0 Å². The van der Waals surface area contributed by atoms with Crippen molar-refractivity contribution in [3.8, 4) is 5.75 Å². The molecule has 0 amide bonds. The summed E-state index contributed by atoms with van der Waals surface area (Å²) in [6.07, 6.45) is 5.10. The highest BCUT2D eigenvalue weighted by Crippen LogP contribution is 2.43. The molecule has 37 heavy (non-hydrogen) atoms. The van der Waals surface area contributed by atoms with E-state index in [0.29, 0.717) is 28.0 Å². The van der Waals surface area contributed by atoms with Gasteiger partial charge in [-0.25, -0.2) is 18.9 Å². The number of β-amino-alcohol motifs (C(OH)–C–C–N with tert-alkyl or cyclic N) is 1. The molecule has 0 spiro atoms. The quantitative estimate of drug-likeness (QED) is 0.342. The van der Waals surface area contributed by atoms with Gasteiger partial charge >= 0.3 is 5.97 Å². The molecule has 0 unspecified atom stereocenters. The number of carbonyl (C=O) groups is 1. The van der Waals surface area contributed by atoms with Crippen LogP contribution in [-0.2, 0) is 12.2 Å². The Kier molecular flexibility index (Phi) is 7.06. The van der Waals surface area contributed by atoms with Crippen LogP contribution in [0.1, 0.15) is 45.9 Å². The molecule has 2 N–H and O–H groups in total. The number of halogens is 4. The van der Waals surface area contributed by atoms with E-state index in [0.717, 1.165) is 36.4 Å². The minimum absolute atomic E-state index is 0.0314. The van der Waals surface area contributed by atoms with Gasteiger partial charge in [0.05, 0.1) is 47.1 Å². The van der Waals surface area contributed by atoms with Gasteiger partial charge in [-0.2, -0.15) is 5.10 Å². The Labute approximate surface area is 226 Å². The zero-order valence-corrected chi connectivity index (χ0v) is 21.6. The van der Waals surface area contributed by atoms with Gasteiger partial charge in [0.2, 0.25) is 0 Å². The maximum Gasteiger partial charge on any atom is 0.337 e. The summed E-state index contributed by atoms with van der Waals surface area (Å²) in [6, 6.07) is 5.91. The van der Waals surface area contributed by atoms with Crippen LogP contribution < -0.4 is 9.64 Å². The van der Waals surface area contributed by atoms with E-state index in [9.17, 15) is 14.3 Å². The van der Waals surface area contributed by atoms with E-state index in [1.165, 1.54) is 10.4 Å². The molecule has 1 saturated carbocycles. The van der Waals surface area contributed by atoms with Crippen LogP contribution in [0.25, 0.3) is 5.70 Å². The number of aliphatic hydroxyl groups is 1. The fourth-order valence-electron chi connectivity index (χ4n) is 4.45. The molecule has 1 aromatic carbocycles. The molecule has 0 atom stereocenters. The smallest absolute Gasteiger partial charge is 0.337 e. The van der Waals surface area contributed by atoms with E-state index < -0.39 is 17.4 Å². The van der Waals surface area contributed by atoms with Crippen LogP contribution >= 0.6 is 34.8 Å². The first-order valence-corrected chi connectivity index (χ1v) is 12.8. The maximum atomic E-state index is 14.4. The Balaban J connectivity index is 1.29. The summed E-state index contributed by atoms with van der Waals surface area (Å²) < 4.78 is 22.1. The van der Waals surface area contributed by atoms with Gasteiger partial charge in [0, 0.05) is 22.9 Å². The number of benzene rings is 1. The van der Waals surface area contributed by atoms with Gasteiger partial charge in [-0.3, -0.25) is 0 Å². The van der Waals surface area contributed by atoms with Crippen LogP contribution in [0.4, 0.5) is 10.2 Å². The lowest BCUT2D eigenvalue weighted by molar-refractivity contribution is 0.00670. The summed E-state index contributed by atoms with van der Waals surface area (Å²) in [5.41, 5.74) is 2.91. The number of allylic oxidation sites excluding steroid dienone is 1. The molecule has 1 aliphatic carbocycles. The second kappa shape index (κ2) is 10.1. The fraction of sp³-hybridized carbons (Fsp3) is 0.320. The van der Waals surface area contributed by atoms with E-state index in [-0.39, 0.29) is 37.0 Å². The predicted molar refractivity (Wildman–Crippen MR) is 138 cm³/mol. The van der Waals surface area contributed by atoms with Crippen molar-refractivity contribution in [3.05, 3.63) is 75.4 Å². The van der Waals surface area contributed by atoms with Gasteiger partial charge in [0.15, 0.2) is 11.6 Å². The number of pyridine rings is 1. The van der Waals surface area contributed by atoms with Crippen LogP contribution in [0.3, 0.4) is 0 Å². The van der Waals surface area contributed by atoms with Crippen molar-refractivity contribution >= 4 is 52.3 Å². The molecule has 3 heterocycles. The second-order valence-electron chi connectivity index (χ2n) is 9.12. The molecule has 5 rings (SSSR count). The highest BCUT2D eigenvalue weighted by molar-refractivity contribution is 6.31. The molecule has 1 saturated heterocycles. The maximum absolute atomic E-state index is 14.4. The van der Waals surface area contributed by atoms with Gasteiger partial charge in [0.1, 0.15) is 18.0 Å². The van der Waals surface area contributed by atoms with E-state index in [4.69, 9.17) is 44.6 Å². The summed E-state index contributed by atoms with van der Waals surface area (Å²) in [5, 5.41) is 24.8. The van der Waals surface area contributed by atoms with Gasteiger partial charge in [-0.1, -0.05) is 29.3 Å². The van der Waals surface area contributed by atoms with Gasteiger partial charge < -0.3 is 19.8 Å². The fourth-order valence-corrected chi connectivity index (χ4v) is 5.23. The molecular formula is C25H22Cl3FN4O4. The van der Waals surface area contributed by atoms with Crippen LogP contribution in [0.15, 0.2) is 42.2 Å². The normalized spacial score (nSPS) is 17.0. The van der Waals surface area contributed by atoms with Crippen molar-refractivity contribution in [2.24, 2.45) is 0 Å². The molecule has 0 radical (unpaired) electrons. The number of ether oxygens (including phenoxy) is 1. The van der Waals surface area contributed by atoms with E-state index in [1.807, 2.05) is 6.20 Å². The molecular weight excluding hydrogens is 546 g/mol. The monoisotopic (exact) mass is 566 g/mol. The standard InChI is InChI=1S/C25H22Cl3FN4O4/c26-7-16(8-27)33-22(18(10-31-33)14-1-2-14)11-37-17-3-4-19(20(28)6-17)25(36)12-32(13-25)23-21(29)5-15(9-30-23)24(34)35/h3-7,9-10,14,36H,1-2,8,11-13H2,(H,34,35)/b16-7-. The lowest BCUT2D eigenvalue weighted by Gasteiger charge is -2.47. The van der Waals surface area contributed by atoms with Gasteiger partial charge in [0.25, 0.3) is 0 Å². The summed E-state index contributed by atoms with van der Waals surface area (Å²) >= 11 is 18.5. The summed E-state index contributed by atoms with van der Waals surface area (Å²) in [5.74, 6) is -0.931. The molecule has 2 aliphatic rings. The largest absolute Gasteiger partial charge is 0.487 e. The molecule has 2 aromatic heterocycles. The van der Waals surface area contributed by atoms with E-state index in [1.54, 1.807) is 22.9 Å². The number of carboxylic acid groups (broad SMARTS) is 1. The van der Waals surface area contributed by atoms with Gasteiger partial charge in [-0.15, -0.1) is 11.6 Å². The van der Waals surface area contributed by atoms with Crippen molar-refractivity contribution < 1.29 is 24.1 Å². The first kappa shape index (κ1) is 25.8. The third-order valence-corrected chi connectivity index (χ3v) is 7.38. The van der Waals surface area contributed by atoms with Crippen molar-refractivity contribution in [3.63, 3.8) is 0 Å². The lowest BCUT2D eigenvalue weighted by atomic mass is 9.86. The molecule has 12 heteroatoms. The summed E-state index contributed by atoms with van der Waals surface area (Å²) in [6.45, 7) is 0.306. The Morgan fingerprint density at radius 3 is 2.62 bits per heavy atom. The predicted octanol–water partition coefficient (Wildman–Crippen LogP) is 5.21. The number of hydrogen-bond donors (Lipinski definition) is 2. The zero-order valence-electron chi connectivity index (χ0n) is 19.4. The first-order chi connectivity index (χ1) is 17.7. The Bertz CT molecular complexity index is 1390. The van der Waals surface area contributed by atoms with E-state index >= 15 is 0 Å². The van der Waals surface area contributed by atoms with Crippen molar-refractivity contribution in [2.75, 3.05) is 23.9 Å². The van der Waals surface area contributed by atoms with Crippen LogP contribution in [0, 0.1) is 5.82 Å². The average molecular weight is 568 g/mol. The number of aromatic carboxylic acids is 1. The Morgan fingerprint density at radius 1 is 1.27 bits per heavy atom. The Hall–Kier alpha value is -2.85. The first-order valence-electron chi connectivity index (χ1n) is 11.5. The van der Waals surface area contributed by atoms with E-state index in [2.05, 4.69) is 10.1 Å². The number of nitrogens with zero attached hydrogens (tertiary/aromatic N) is 4. The van der Waals surface area contributed by atoms with Crippen LogP contribution in [-0.4, -0.2) is 49.9 Å². The molecule has 194 valence electrons. The van der Waals surface area contributed by atoms with Crippen LogP contribution in [0.2, 0.25) is 5.02 Å². The number of rotatable bonds is 9. The van der Waals surface area contributed by atoms with Crippen LogP contribution in [0.5, 0.6) is 5.75 Å². The third kappa shape index (κ3) is 5.01. The third-order valence-electron chi connectivity index (χ3n) is 6.54. The van der Waals surface area contributed by atoms with Crippen molar-refractivity contribution in [2.45, 2.75) is 31.0 Å². The summed E-state index contributed by atoms with van der Waals surface area (Å²) in [7, 11) is 0. The lowest BCUT2D eigenvalue weighted by Crippen LogP contribution is -2.60. The van der Waals surface area contributed by atoms with Crippen molar-refractivity contribution in [1.82, 2.24) is 14.8 Å². The number of alkyl halides is 1. The molecule has 2 fully saturated rings. The highest BCUT2D eigenvalue weighted by atomic mass is 35.5. The molecule has 8 nitrogen and oxygen atoms in total. The second-order valence-corrected chi connectivity index (χ2v) is 10.0.